The molecule has 2 aromatic carbocycles. The highest BCUT2D eigenvalue weighted by Gasteiger charge is 2.25. The summed E-state index contributed by atoms with van der Waals surface area (Å²) in [4.78, 5) is 2.38. The Morgan fingerprint density at radius 3 is 2.44 bits per heavy atom. The van der Waals surface area contributed by atoms with E-state index >= 15 is 0 Å². The first-order valence-corrected chi connectivity index (χ1v) is 10.5. The maximum atomic E-state index is 12.5. The first-order valence-electron chi connectivity index (χ1n) is 8.85. The molecule has 1 saturated heterocycles. The van der Waals surface area contributed by atoms with Crippen molar-refractivity contribution in [1.29, 1.82) is 0 Å². The molecule has 0 saturated carbocycles. The molecule has 1 aliphatic rings. The number of benzene rings is 2. The third kappa shape index (κ3) is 5.14. The second-order valence-corrected chi connectivity index (χ2v) is 8.57. The zero-order chi connectivity index (χ0) is 17.7. The zero-order valence-electron chi connectivity index (χ0n) is 14.7. The molecule has 1 N–H and O–H groups in total. The van der Waals surface area contributed by atoms with Crippen LogP contribution in [0.25, 0.3) is 0 Å². The number of likely N-dealkylation sites (tertiary alicyclic amines) is 1. The Hall–Kier alpha value is -1.69. The highest BCUT2D eigenvalue weighted by molar-refractivity contribution is 7.88. The SMILES string of the molecule is Cc1cccc(CS(=O)(=O)NCC(c2ccccc2)N2CCCC2)c1. The smallest absolute Gasteiger partial charge is 0.215 e. The lowest BCUT2D eigenvalue weighted by Crippen LogP contribution is -2.37. The van der Waals surface area contributed by atoms with E-state index in [1.165, 1.54) is 18.4 Å². The number of sulfonamides is 1. The van der Waals surface area contributed by atoms with Crippen LogP contribution in [0.4, 0.5) is 0 Å². The van der Waals surface area contributed by atoms with Crippen molar-refractivity contribution in [1.82, 2.24) is 9.62 Å². The first-order chi connectivity index (χ1) is 12.0. The standard InChI is InChI=1S/C20H26N2O2S/c1-17-8-7-9-18(14-17)16-25(23,24)21-15-20(22-12-5-6-13-22)19-10-3-2-4-11-19/h2-4,7-11,14,20-21H,5-6,12-13,15-16H2,1H3. The van der Waals surface area contributed by atoms with Crippen LogP contribution in [0.2, 0.25) is 0 Å². The molecular weight excluding hydrogens is 332 g/mol. The van der Waals surface area contributed by atoms with Crippen molar-refractivity contribution in [2.75, 3.05) is 19.6 Å². The minimum absolute atomic E-state index is 0.0240. The van der Waals surface area contributed by atoms with E-state index in [4.69, 9.17) is 0 Å². The maximum absolute atomic E-state index is 12.5. The molecule has 0 radical (unpaired) electrons. The van der Waals surface area contributed by atoms with Crippen LogP contribution < -0.4 is 4.72 Å². The molecular formula is C20H26N2O2S. The Labute approximate surface area is 150 Å². The van der Waals surface area contributed by atoms with Crippen molar-refractivity contribution >= 4 is 10.0 Å². The molecule has 1 aliphatic heterocycles. The van der Waals surface area contributed by atoms with Gasteiger partial charge >= 0.3 is 0 Å². The van der Waals surface area contributed by atoms with Gasteiger partial charge in [-0.1, -0.05) is 60.2 Å². The van der Waals surface area contributed by atoms with Crippen LogP contribution in [0.3, 0.4) is 0 Å². The number of hydrogen-bond acceptors (Lipinski definition) is 3. The Balaban J connectivity index is 1.69. The van der Waals surface area contributed by atoms with Crippen LogP contribution in [-0.2, 0) is 15.8 Å². The number of aryl methyl sites for hydroxylation is 1. The van der Waals surface area contributed by atoms with Crippen LogP contribution in [-0.4, -0.2) is 33.0 Å². The van der Waals surface area contributed by atoms with Gasteiger partial charge in [0.25, 0.3) is 0 Å². The second-order valence-electron chi connectivity index (χ2n) is 6.77. The summed E-state index contributed by atoms with van der Waals surface area (Å²) in [5, 5.41) is 0. The molecule has 0 aromatic heterocycles. The van der Waals surface area contributed by atoms with E-state index in [-0.39, 0.29) is 11.8 Å². The summed E-state index contributed by atoms with van der Waals surface area (Å²) in [6.07, 6.45) is 2.36. The van der Waals surface area contributed by atoms with Gasteiger partial charge in [-0.05, 0) is 44.0 Å². The van der Waals surface area contributed by atoms with Gasteiger partial charge in [-0.25, -0.2) is 13.1 Å². The maximum Gasteiger partial charge on any atom is 0.215 e. The van der Waals surface area contributed by atoms with E-state index in [0.29, 0.717) is 6.54 Å². The Morgan fingerprint density at radius 2 is 1.76 bits per heavy atom. The normalized spacial score (nSPS) is 16.8. The molecule has 3 rings (SSSR count). The number of hydrogen-bond donors (Lipinski definition) is 1. The van der Waals surface area contributed by atoms with Gasteiger partial charge in [0.2, 0.25) is 10.0 Å². The van der Waals surface area contributed by atoms with Gasteiger partial charge in [0.1, 0.15) is 0 Å². The summed E-state index contributed by atoms with van der Waals surface area (Å²) < 4.78 is 27.9. The predicted molar refractivity (Wildman–Crippen MR) is 102 cm³/mol. The lowest BCUT2D eigenvalue weighted by molar-refractivity contribution is 0.246. The quantitative estimate of drug-likeness (QED) is 0.826. The Kier molecular flexibility index (Phi) is 5.89. The monoisotopic (exact) mass is 358 g/mol. The lowest BCUT2D eigenvalue weighted by atomic mass is 10.1. The van der Waals surface area contributed by atoms with Gasteiger partial charge in [0.15, 0.2) is 0 Å². The molecule has 4 nitrogen and oxygen atoms in total. The molecule has 0 aliphatic carbocycles. The summed E-state index contributed by atoms with van der Waals surface area (Å²) >= 11 is 0. The van der Waals surface area contributed by atoms with Crippen molar-refractivity contribution in [3.8, 4) is 0 Å². The summed E-state index contributed by atoms with van der Waals surface area (Å²) in [5.41, 5.74) is 3.07. The Bertz CT molecular complexity index is 784. The molecule has 1 fully saturated rings. The van der Waals surface area contributed by atoms with Crippen molar-refractivity contribution in [2.45, 2.75) is 31.6 Å². The number of nitrogens with one attached hydrogen (secondary N) is 1. The van der Waals surface area contributed by atoms with Crippen molar-refractivity contribution in [2.24, 2.45) is 0 Å². The number of rotatable bonds is 7. The first kappa shape index (κ1) is 18.1. The van der Waals surface area contributed by atoms with Crippen LogP contribution >= 0.6 is 0 Å². The predicted octanol–water partition coefficient (Wildman–Crippen LogP) is 3.25. The fourth-order valence-electron chi connectivity index (χ4n) is 3.46. The molecule has 0 spiro atoms. The fourth-order valence-corrected chi connectivity index (χ4v) is 4.60. The summed E-state index contributed by atoms with van der Waals surface area (Å²) in [7, 11) is -3.36. The van der Waals surface area contributed by atoms with Crippen LogP contribution in [0.15, 0.2) is 54.6 Å². The minimum atomic E-state index is -3.36. The van der Waals surface area contributed by atoms with Gasteiger partial charge in [0.05, 0.1) is 5.75 Å². The van der Waals surface area contributed by atoms with E-state index < -0.39 is 10.0 Å². The fraction of sp³-hybridized carbons (Fsp3) is 0.400. The van der Waals surface area contributed by atoms with E-state index in [0.717, 1.165) is 24.2 Å². The van der Waals surface area contributed by atoms with Crippen LogP contribution in [0.1, 0.15) is 35.6 Å². The van der Waals surface area contributed by atoms with Crippen molar-refractivity contribution in [3.05, 3.63) is 71.3 Å². The van der Waals surface area contributed by atoms with E-state index in [9.17, 15) is 8.42 Å². The van der Waals surface area contributed by atoms with Gasteiger partial charge in [-0.2, -0.15) is 0 Å². The molecule has 1 unspecified atom stereocenters. The third-order valence-corrected chi connectivity index (χ3v) is 6.02. The summed E-state index contributed by atoms with van der Waals surface area (Å²) in [6, 6.07) is 17.9. The summed E-state index contributed by atoms with van der Waals surface area (Å²) in [5.74, 6) is 0.0240. The van der Waals surface area contributed by atoms with Gasteiger partial charge in [-0.15, -0.1) is 0 Å². The minimum Gasteiger partial charge on any atom is -0.295 e. The van der Waals surface area contributed by atoms with Crippen molar-refractivity contribution in [3.63, 3.8) is 0 Å². The summed E-state index contributed by atoms with van der Waals surface area (Å²) in [6.45, 7) is 4.44. The molecule has 25 heavy (non-hydrogen) atoms. The van der Waals surface area contributed by atoms with E-state index in [1.807, 2.05) is 49.4 Å². The molecule has 1 heterocycles. The zero-order valence-corrected chi connectivity index (χ0v) is 15.5. The largest absolute Gasteiger partial charge is 0.295 e. The molecule has 1 atom stereocenters. The average molecular weight is 359 g/mol. The van der Waals surface area contributed by atoms with Crippen LogP contribution in [0, 0.1) is 6.92 Å². The van der Waals surface area contributed by atoms with E-state index in [1.54, 1.807) is 0 Å². The topological polar surface area (TPSA) is 49.4 Å². The van der Waals surface area contributed by atoms with Crippen LogP contribution in [0.5, 0.6) is 0 Å². The van der Waals surface area contributed by atoms with Crippen molar-refractivity contribution < 1.29 is 8.42 Å². The number of nitrogens with zero attached hydrogens (tertiary/aromatic N) is 1. The highest BCUT2D eigenvalue weighted by Crippen LogP contribution is 2.24. The average Bonchev–Trinajstić information content (AvgIpc) is 3.10. The van der Waals surface area contributed by atoms with Gasteiger partial charge in [-0.3, -0.25) is 4.90 Å². The van der Waals surface area contributed by atoms with E-state index in [2.05, 4.69) is 21.8 Å². The second kappa shape index (κ2) is 8.13. The Morgan fingerprint density at radius 1 is 1.04 bits per heavy atom. The molecule has 0 amide bonds. The molecule has 134 valence electrons. The highest BCUT2D eigenvalue weighted by atomic mass is 32.2. The van der Waals surface area contributed by atoms with Gasteiger partial charge in [0, 0.05) is 12.6 Å². The molecule has 5 heteroatoms. The van der Waals surface area contributed by atoms with Gasteiger partial charge < -0.3 is 0 Å². The lowest BCUT2D eigenvalue weighted by Gasteiger charge is -2.28. The molecule has 2 aromatic rings. The molecule has 0 bridgehead atoms. The third-order valence-electron chi connectivity index (χ3n) is 4.70.